The molecule has 213 valence electrons. The average Bonchev–Trinajstić information content (AvgIpc) is 3.54. The Morgan fingerprint density at radius 1 is 0.850 bits per heavy atom. The first-order valence-electron chi connectivity index (χ1n) is 10.5. The van der Waals surface area contributed by atoms with Gasteiger partial charge >= 0.3 is 45.8 Å². The van der Waals surface area contributed by atoms with Gasteiger partial charge in [-0.15, -0.1) is 0 Å². The van der Waals surface area contributed by atoms with E-state index < -0.39 is 22.0 Å². The van der Waals surface area contributed by atoms with Crippen molar-refractivity contribution in [2.24, 2.45) is 5.14 Å². The number of nitrogens with zero attached hydrogens (tertiary/aromatic N) is 5. The Labute approximate surface area is 243 Å². The second-order valence-electron chi connectivity index (χ2n) is 7.38. The van der Waals surface area contributed by atoms with Crippen LogP contribution in [-0.4, -0.2) is 61.1 Å². The molecule has 0 saturated heterocycles. The summed E-state index contributed by atoms with van der Waals surface area (Å²) in [5.41, 5.74) is 0.871. The van der Waals surface area contributed by atoms with Crippen molar-refractivity contribution in [3.63, 3.8) is 0 Å². The normalized spacial score (nSPS) is 9.80. The molecule has 0 spiro atoms. The summed E-state index contributed by atoms with van der Waals surface area (Å²) >= 11 is 0. The van der Waals surface area contributed by atoms with Crippen molar-refractivity contribution in [2.75, 3.05) is 6.54 Å². The van der Waals surface area contributed by atoms with Gasteiger partial charge in [0.25, 0.3) is 0 Å². The van der Waals surface area contributed by atoms with Gasteiger partial charge in [-0.3, -0.25) is 14.5 Å². The molecule has 1 aromatic carbocycles. The summed E-state index contributed by atoms with van der Waals surface area (Å²) in [6.07, 6.45) is 6.75. The van der Waals surface area contributed by atoms with Gasteiger partial charge in [0, 0.05) is 51.8 Å². The molecule has 3 rings (SSSR count). The molecule has 0 bridgehead atoms. The first kappa shape index (κ1) is 38.5. The smallest absolute Gasteiger partial charge is 0 e. The minimum absolute atomic E-state index is 0. The zero-order valence-electron chi connectivity index (χ0n) is 20.7. The molecule has 0 fully saturated rings. The number of aliphatic carboxylic acids is 2. The number of nitrogens with two attached hydrogens (primary N) is 1. The van der Waals surface area contributed by atoms with Crippen molar-refractivity contribution in [1.29, 1.82) is 0 Å². The molecular formula is C23H24N6O9ReS. The summed E-state index contributed by atoms with van der Waals surface area (Å²) in [5.74, 6) is -0.905. The van der Waals surface area contributed by atoms with Crippen LogP contribution in [-0.2, 0) is 86.6 Å². The SMILES string of the molecule is NS(=O)(=O)c1ccc(CCN(Cc2nccn2CC(=O)O)Cc2nccn2CC(=O)O)cc1.[C-]#[O+].[C-]#[O+].[C-]#[O+].[Re]. The molecule has 0 unspecified atom stereocenters. The van der Waals surface area contributed by atoms with Crippen LogP contribution in [0.5, 0.6) is 0 Å². The van der Waals surface area contributed by atoms with Gasteiger partial charge in [0.15, 0.2) is 0 Å². The Bertz CT molecular complexity index is 1290. The molecule has 15 nitrogen and oxygen atoms in total. The number of hydrogen-bond donors (Lipinski definition) is 3. The van der Waals surface area contributed by atoms with Crippen molar-refractivity contribution in [3.05, 3.63) is 86.2 Å². The van der Waals surface area contributed by atoms with Crippen molar-refractivity contribution < 1.29 is 62.6 Å². The number of benzene rings is 1. The number of carboxylic acids is 2. The van der Waals surface area contributed by atoms with E-state index in [2.05, 4.69) is 29.9 Å². The summed E-state index contributed by atoms with van der Waals surface area (Å²) in [7, 11) is -3.78. The van der Waals surface area contributed by atoms with E-state index in [9.17, 15) is 18.0 Å². The van der Waals surface area contributed by atoms with Gasteiger partial charge in [-0.25, -0.2) is 23.5 Å². The van der Waals surface area contributed by atoms with Gasteiger partial charge in [0.1, 0.15) is 24.7 Å². The number of carbonyl (C=O) groups is 2. The summed E-state index contributed by atoms with van der Waals surface area (Å²) in [6, 6.07) is 6.23. The zero-order chi connectivity index (χ0) is 30.0. The molecule has 1 radical (unpaired) electrons. The van der Waals surface area contributed by atoms with E-state index in [1.54, 1.807) is 24.5 Å². The number of imidazole rings is 2. The van der Waals surface area contributed by atoms with Gasteiger partial charge < -0.3 is 19.3 Å². The van der Waals surface area contributed by atoms with Gasteiger partial charge in [0.05, 0.1) is 18.0 Å². The second kappa shape index (κ2) is 20.3. The average molecular weight is 747 g/mol. The number of aromatic nitrogens is 4. The van der Waals surface area contributed by atoms with E-state index in [0.29, 0.717) is 37.7 Å². The predicted molar refractivity (Wildman–Crippen MR) is 127 cm³/mol. The molecule has 0 atom stereocenters. The van der Waals surface area contributed by atoms with E-state index in [4.69, 9.17) is 29.3 Å². The maximum absolute atomic E-state index is 11.4. The first-order chi connectivity index (χ1) is 18.6. The number of carboxylic acid groups (broad SMARTS) is 2. The second-order valence-corrected chi connectivity index (χ2v) is 8.94. The molecule has 0 aliphatic rings. The number of primary sulfonamides is 1. The van der Waals surface area contributed by atoms with Gasteiger partial charge in [-0.1, -0.05) is 12.1 Å². The first-order valence-corrected chi connectivity index (χ1v) is 12.1. The molecule has 0 aliphatic carbocycles. The Morgan fingerprint density at radius 2 is 1.25 bits per heavy atom. The van der Waals surface area contributed by atoms with Gasteiger partial charge in [-0.2, -0.15) is 0 Å². The standard InChI is InChI=1S/C20H24N6O6S.3CO.Re/c21-33(31,32)16-3-1-15(2-4-16)5-8-24(11-17-22-6-9-25(17)13-19(27)28)12-18-23-7-10-26(18)14-20(29)30;3*1-2;/h1-4,6-7,9-10H,5,8,11-14H2,(H,27,28)(H,29,30)(H2,21,31,32);;;;. The summed E-state index contributed by atoms with van der Waals surface area (Å²) < 4.78 is 48.5. The molecule has 17 heteroatoms. The molecule has 4 N–H and O–H groups in total. The fourth-order valence-electron chi connectivity index (χ4n) is 3.31. The van der Waals surface area contributed by atoms with Crippen molar-refractivity contribution in [1.82, 2.24) is 24.0 Å². The summed E-state index contributed by atoms with van der Waals surface area (Å²) in [5, 5.41) is 23.4. The van der Waals surface area contributed by atoms with Crippen LogP contribution in [0, 0.1) is 20.0 Å². The van der Waals surface area contributed by atoms with E-state index in [-0.39, 0.29) is 38.4 Å². The maximum atomic E-state index is 11.4. The summed E-state index contributed by atoms with van der Waals surface area (Å²) in [6.45, 7) is 14.1. The monoisotopic (exact) mass is 747 g/mol. The molecule has 0 aliphatic heterocycles. The molecule has 2 aromatic heterocycles. The Hall–Kier alpha value is -3.67. The molecule has 3 aromatic rings. The van der Waals surface area contributed by atoms with E-state index >= 15 is 0 Å². The minimum atomic E-state index is -3.78. The fraction of sp³-hybridized carbons (Fsp3) is 0.261. The third-order valence-corrected chi connectivity index (χ3v) is 5.84. The maximum Gasteiger partial charge on any atom is 0 e. The predicted octanol–water partition coefficient (Wildman–Crippen LogP) is 0.0261. The Balaban J connectivity index is 0. The topological polar surface area (TPSA) is 233 Å². The number of hydrogen-bond acceptors (Lipinski definition) is 7. The third-order valence-electron chi connectivity index (χ3n) is 4.91. The van der Waals surface area contributed by atoms with Crippen LogP contribution in [0.1, 0.15) is 17.2 Å². The summed E-state index contributed by atoms with van der Waals surface area (Å²) in [4.78, 5) is 32.8. The van der Waals surface area contributed by atoms with Crippen LogP contribution in [0.3, 0.4) is 0 Å². The fourth-order valence-corrected chi connectivity index (χ4v) is 3.83. The molecular weight excluding hydrogens is 723 g/mol. The number of rotatable bonds is 12. The largest absolute Gasteiger partial charge is 0 e. The van der Waals surface area contributed by atoms with Gasteiger partial charge in [0.2, 0.25) is 10.0 Å². The third kappa shape index (κ3) is 13.4. The van der Waals surface area contributed by atoms with Crippen LogP contribution >= 0.6 is 0 Å². The van der Waals surface area contributed by atoms with Crippen LogP contribution < -0.4 is 5.14 Å². The van der Waals surface area contributed by atoms with Crippen molar-refractivity contribution in [3.8, 4) is 0 Å². The molecule has 0 saturated carbocycles. The zero-order valence-corrected chi connectivity index (χ0v) is 24.2. The Kier molecular flexibility index (Phi) is 19.5. The minimum Gasteiger partial charge on any atom is 0 e. The molecule has 2 heterocycles. The van der Waals surface area contributed by atoms with E-state index in [0.717, 1.165) is 5.56 Å². The van der Waals surface area contributed by atoms with Crippen LogP contribution in [0.25, 0.3) is 0 Å². The van der Waals surface area contributed by atoms with E-state index in [1.165, 1.54) is 33.7 Å². The van der Waals surface area contributed by atoms with Crippen molar-refractivity contribution in [2.45, 2.75) is 37.5 Å². The van der Waals surface area contributed by atoms with E-state index in [1.807, 2.05) is 4.90 Å². The van der Waals surface area contributed by atoms with Crippen LogP contribution in [0.2, 0.25) is 0 Å². The molecule has 40 heavy (non-hydrogen) atoms. The molecule has 0 amide bonds. The quantitative estimate of drug-likeness (QED) is 0.167. The van der Waals surface area contributed by atoms with Gasteiger partial charge in [-0.05, 0) is 24.1 Å². The number of sulfonamides is 1. The van der Waals surface area contributed by atoms with Crippen molar-refractivity contribution >= 4 is 22.0 Å². The van der Waals surface area contributed by atoms with Crippen LogP contribution in [0.4, 0.5) is 0 Å². The van der Waals surface area contributed by atoms with Crippen LogP contribution in [0.15, 0.2) is 53.9 Å². The Morgan fingerprint density at radius 3 is 1.60 bits per heavy atom.